The normalized spacial score (nSPS) is 22.0. The molecule has 0 bridgehead atoms. The lowest BCUT2D eigenvalue weighted by molar-refractivity contribution is -0.140. The van der Waals surface area contributed by atoms with Gasteiger partial charge in [-0.3, -0.25) is 14.5 Å². The van der Waals surface area contributed by atoms with Gasteiger partial charge in [0.2, 0.25) is 11.8 Å². The fourth-order valence-corrected chi connectivity index (χ4v) is 4.37. The van der Waals surface area contributed by atoms with Crippen molar-refractivity contribution in [3.8, 4) is 5.75 Å². The average Bonchev–Trinajstić information content (AvgIpc) is 2.84. The average molecular weight is 381 g/mol. The second-order valence-electron chi connectivity index (χ2n) is 7.18. The number of nitrogens with zero attached hydrogens (tertiary/aromatic N) is 2. The summed E-state index contributed by atoms with van der Waals surface area (Å²) in [4.78, 5) is 29.5. The van der Waals surface area contributed by atoms with E-state index in [0.717, 1.165) is 50.0 Å². The first-order chi connectivity index (χ1) is 12.0. The van der Waals surface area contributed by atoms with Gasteiger partial charge in [0.1, 0.15) is 5.75 Å². The SMILES string of the molecule is CCN(CC)CCCN1C(=O)CC2(CCCc3ccc(O)cc32)C1=O.Cl. The predicted octanol–water partition coefficient (Wildman–Crippen LogP) is 2.88. The molecule has 1 aromatic carbocycles. The molecule has 1 aromatic rings. The molecule has 1 aliphatic carbocycles. The van der Waals surface area contributed by atoms with Gasteiger partial charge in [0, 0.05) is 13.0 Å². The Morgan fingerprint density at radius 3 is 2.65 bits per heavy atom. The molecule has 144 valence electrons. The lowest BCUT2D eigenvalue weighted by atomic mass is 9.69. The largest absolute Gasteiger partial charge is 0.508 e. The van der Waals surface area contributed by atoms with Gasteiger partial charge in [0.05, 0.1) is 5.41 Å². The van der Waals surface area contributed by atoms with Crippen molar-refractivity contribution < 1.29 is 14.7 Å². The van der Waals surface area contributed by atoms with Crippen LogP contribution in [0.2, 0.25) is 0 Å². The van der Waals surface area contributed by atoms with Crippen LogP contribution in [-0.2, 0) is 21.4 Å². The summed E-state index contributed by atoms with van der Waals surface area (Å²) in [6.07, 6.45) is 3.56. The smallest absolute Gasteiger partial charge is 0.240 e. The molecular weight excluding hydrogens is 352 g/mol. The Labute approximate surface area is 161 Å². The van der Waals surface area contributed by atoms with E-state index < -0.39 is 5.41 Å². The Kier molecular flexibility index (Phi) is 6.69. The van der Waals surface area contributed by atoms with Crippen molar-refractivity contribution in [3.63, 3.8) is 0 Å². The Hall–Kier alpha value is -1.59. The molecule has 0 radical (unpaired) electrons. The molecule has 3 rings (SSSR count). The third-order valence-corrected chi connectivity index (χ3v) is 5.82. The second-order valence-corrected chi connectivity index (χ2v) is 7.18. The van der Waals surface area contributed by atoms with Gasteiger partial charge in [-0.1, -0.05) is 19.9 Å². The second kappa shape index (κ2) is 8.40. The molecule has 6 heteroatoms. The molecule has 5 nitrogen and oxygen atoms in total. The van der Waals surface area contributed by atoms with Gasteiger partial charge in [-0.2, -0.15) is 0 Å². The van der Waals surface area contributed by atoms with Gasteiger partial charge in [0.25, 0.3) is 0 Å². The molecule has 1 heterocycles. The first kappa shape index (κ1) is 20.7. The van der Waals surface area contributed by atoms with Crippen molar-refractivity contribution in [3.05, 3.63) is 29.3 Å². The van der Waals surface area contributed by atoms with E-state index in [1.54, 1.807) is 12.1 Å². The van der Waals surface area contributed by atoms with Gasteiger partial charge >= 0.3 is 0 Å². The number of phenolic OH excluding ortho intramolecular Hbond substituents is 1. The zero-order valence-electron chi connectivity index (χ0n) is 15.7. The maximum atomic E-state index is 13.2. The Morgan fingerprint density at radius 1 is 1.23 bits per heavy atom. The van der Waals surface area contributed by atoms with Crippen molar-refractivity contribution in [2.45, 2.75) is 51.4 Å². The van der Waals surface area contributed by atoms with Crippen LogP contribution in [0.5, 0.6) is 5.75 Å². The van der Waals surface area contributed by atoms with Crippen LogP contribution in [0.4, 0.5) is 0 Å². The maximum Gasteiger partial charge on any atom is 0.240 e. The molecule has 1 atom stereocenters. The quantitative estimate of drug-likeness (QED) is 0.771. The standard InChI is InChI=1S/C20H28N2O3.ClH/c1-3-21(4-2)11-6-12-22-18(24)14-20(19(22)25)10-5-7-15-8-9-16(23)13-17(15)20;/h8-9,13,23H,3-7,10-12,14H2,1-2H3;1H. The highest BCUT2D eigenvalue weighted by Crippen LogP contribution is 2.46. The van der Waals surface area contributed by atoms with E-state index in [2.05, 4.69) is 18.7 Å². The number of benzene rings is 1. The summed E-state index contributed by atoms with van der Waals surface area (Å²) in [5.74, 6) is 0.0320. The third-order valence-electron chi connectivity index (χ3n) is 5.82. The molecule has 1 N–H and O–H groups in total. The number of carbonyl (C=O) groups excluding carboxylic acids is 2. The first-order valence-electron chi connectivity index (χ1n) is 9.41. The van der Waals surface area contributed by atoms with Gasteiger partial charge in [-0.15, -0.1) is 12.4 Å². The summed E-state index contributed by atoms with van der Waals surface area (Å²) in [7, 11) is 0. The van der Waals surface area contributed by atoms with E-state index in [9.17, 15) is 14.7 Å². The van der Waals surface area contributed by atoms with Gasteiger partial charge in [-0.05, 0) is 68.6 Å². The summed E-state index contributed by atoms with van der Waals surface area (Å²) in [6, 6.07) is 5.26. The molecule has 0 aromatic heterocycles. The zero-order chi connectivity index (χ0) is 18.0. The Balaban J connectivity index is 0.00000243. The zero-order valence-corrected chi connectivity index (χ0v) is 16.5. The van der Waals surface area contributed by atoms with Crippen LogP contribution in [0.25, 0.3) is 0 Å². The Morgan fingerprint density at radius 2 is 1.96 bits per heavy atom. The fourth-order valence-electron chi connectivity index (χ4n) is 4.37. The molecule has 1 spiro atoms. The number of imide groups is 1. The number of fused-ring (bicyclic) bond motifs is 2. The Bertz CT molecular complexity index is 675. The van der Waals surface area contributed by atoms with E-state index in [4.69, 9.17) is 0 Å². The number of hydrogen-bond acceptors (Lipinski definition) is 4. The number of aromatic hydroxyl groups is 1. The molecule has 1 fully saturated rings. The van der Waals surface area contributed by atoms with Gasteiger partial charge in [-0.25, -0.2) is 0 Å². The minimum atomic E-state index is -0.751. The molecule has 1 saturated heterocycles. The number of aryl methyl sites for hydroxylation is 1. The van der Waals surface area contributed by atoms with Crippen LogP contribution < -0.4 is 0 Å². The summed E-state index contributed by atoms with van der Waals surface area (Å²) < 4.78 is 0. The molecule has 0 saturated carbocycles. The number of likely N-dealkylation sites (tertiary alicyclic amines) is 1. The predicted molar refractivity (Wildman–Crippen MR) is 104 cm³/mol. The number of amides is 2. The molecule has 1 aliphatic heterocycles. The van der Waals surface area contributed by atoms with Crippen molar-refractivity contribution in [1.29, 1.82) is 0 Å². The lowest BCUT2D eigenvalue weighted by Gasteiger charge is -2.33. The molecular formula is C20H29ClN2O3. The number of rotatable bonds is 6. The molecule has 2 aliphatic rings. The van der Waals surface area contributed by atoms with Crippen molar-refractivity contribution in [2.75, 3.05) is 26.2 Å². The fraction of sp³-hybridized carbons (Fsp3) is 0.600. The lowest BCUT2D eigenvalue weighted by Crippen LogP contribution is -2.41. The summed E-state index contributed by atoms with van der Waals surface area (Å²) in [6.45, 7) is 7.59. The third kappa shape index (κ3) is 3.60. The van der Waals surface area contributed by atoms with Crippen LogP contribution in [0.3, 0.4) is 0 Å². The number of halogens is 1. The summed E-state index contributed by atoms with van der Waals surface area (Å²) in [5.41, 5.74) is 1.21. The van der Waals surface area contributed by atoms with E-state index >= 15 is 0 Å². The van der Waals surface area contributed by atoms with Crippen LogP contribution in [0.1, 0.15) is 50.7 Å². The van der Waals surface area contributed by atoms with Crippen molar-refractivity contribution in [2.24, 2.45) is 0 Å². The van der Waals surface area contributed by atoms with E-state index in [1.165, 1.54) is 4.90 Å². The van der Waals surface area contributed by atoms with Gasteiger partial charge < -0.3 is 10.0 Å². The molecule has 2 amide bonds. The van der Waals surface area contributed by atoms with Crippen LogP contribution >= 0.6 is 12.4 Å². The topological polar surface area (TPSA) is 60.9 Å². The maximum absolute atomic E-state index is 13.2. The number of phenols is 1. The van der Waals surface area contributed by atoms with E-state index in [1.807, 2.05) is 6.07 Å². The van der Waals surface area contributed by atoms with Crippen LogP contribution in [0, 0.1) is 0 Å². The van der Waals surface area contributed by atoms with Gasteiger partial charge in [0.15, 0.2) is 0 Å². The highest BCUT2D eigenvalue weighted by molar-refractivity contribution is 6.09. The van der Waals surface area contributed by atoms with Crippen molar-refractivity contribution in [1.82, 2.24) is 9.80 Å². The van der Waals surface area contributed by atoms with Crippen LogP contribution in [0.15, 0.2) is 18.2 Å². The minimum Gasteiger partial charge on any atom is -0.508 e. The van der Waals surface area contributed by atoms with E-state index in [0.29, 0.717) is 13.0 Å². The highest BCUT2D eigenvalue weighted by atomic mass is 35.5. The monoisotopic (exact) mass is 380 g/mol. The highest BCUT2D eigenvalue weighted by Gasteiger charge is 2.53. The van der Waals surface area contributed by atoms with Crippen molar-refractivity contribution >= 4 is 24.2 Å². The minimum absolute atomic E-state index is 0. The first-order valence-corrected chi connectivity index (χ1v) is 9.41. The van der Waals surface area contributed by atoms with Crippen LogP contribution in [-0.4, -0.2) is 52.9 Å². The molecule has 1 unspecified atom stereocenters. The summed E-state index contributed by atoms with van der Waals surface area (Å²) >= 11 is 0. The summed E-state index contributed by atoms with van der Waals surface area (Å²) in [5, 5.41) is 9.89. The van der Waals surface area contributed by atoms with E-state index in [-0.39, 0.29) is 36.4 Å². The number of carbonyl (C=O) groups is 2. The molecule has 26 heavy (non-hydrogen) atoms. The number of hydrogen-bond donors (Lipinski definition) is 1.